The van der Waals surface area contributed by atoms with Gasteiger partial charge in [-0.05, 0) is 55.3 Å². The summed E-state index contributed by atoms with van der Waals surface area (Å²) in [5.41, 5.74) is 1.72. The summed E-state index contributed by atoms with van der Waals surface area (Å²) in [5, 5.41) is 6.12. The molecule has 0 spiro atoms. The van der Waals surface area contributed by atoms with E-state index >= 15 is 0 Å². The van der Waals surface area contributed by atoms with Crippen molar-refractivity contribution in [3.63, 3.8) is 0 Å². The van der Waals surface area contributed by atoms with Gasteiger partial charge in [-0.15, -0.1) is 0 Å². The third kappa shape index (κ3) is 5.15. The molecule has 23 heavy (non-hydrogen) atoms. The Morgan fingerprint density at radius 1 is 1.13 bits per heavy atom. The molecule has 1 amide bonds. The molecule has 0 bridgehead atoms. The molecule has 2 rings (SSSR count). The SMILES string of the molecule is CC[C@@H](N[C@@H](C)C(=O)Nc1ccc(F)cc1)c1ccc(Br)cc1. The highest BCUT2D eigenvalue weighted by Gasteiger charge is 2.18. The second kappa shape index (κ2) is 8.22. The Kier molecular flexibility index (Phi) is 6.30. The molecule has 0 saturated carbocycles. The maximum absolute atomic E-state index is 12.9. The predicted molar refractivity (Wildman–Crippen MR) is 94.8 cm³/mol. The molecule has 3 nitrogen and oxygen atoms in total. The van der Waals surface area contributed by atoms with E-state index in [1.54, 1.807) is 12.1 Å². The van der Waals surface area contributed by atoms with Gasteiger partial charge in [0.25, 0.3) is 0 Å². The monoisotopic (exact) mass is 378 g/mol. The highest BCUT2D eigenvalue weighted by atomic mass is 79.9. The summed E-state index contributed by atoms with van der Waals surface area (Å²) in [7, 11) is 0. The molecule has 0 aliphatic carbocycles. The summed E-state index contributed by atoms with van der Waals surface area (Å²) in [6, 6.07) is 13.5. The molecule has 2 atom stereocenters. The van der Waals surface area contributed by atoms with Crippen LogP contribution in [0.15, 0.2) is 53.0 Å². The molecule has 0 aliphatic heterocycles. The van der Waals surface area contributed by atoms with Crippen molar-refractivity contribution < 1.29 is 9.18 Å². The minimum Gasteiger partial charge on any atom is -0.325 e. The Morgan fingerprint density at radius 3 is 2.30 bits per heavy atom. The van der Waals surface area contributed by atoms with Crippen LogP contribution in [0, 0.1) is 5.82 Å². The Hall–Kier alpha value is -1.72. The van der Waals surface area contributed by atoms with E-state index in [2.05, 4.69) is 33.5 Å². The van der Waals surface area contributed by atoms with Gasteiger partial charge in [0.1, 0.15) is 5.82 Å². The number of hydrogen-bond acceptors (Lipinski definition) is 2. The van der Waals surface area contributed by atoms with Gasteiger partial charge in [0, 0.05) is 16.2 Å². The zero-order chi connectivity index (χ0) is 16.8. The van der Waals surface area contributed by atoms with Crippen molar-refractivity contribution >= 4 is 27.5 Å². The van der Waals surface area contributed by atoms with Gasteiger partial charge in [0.15, 0.2) is 0 Å². The number of anilines is 1. The highest BCUT2D eigenvalue weighted by Crippen LogP contribution is 2.20. The molecule has 122 valence electrons. The van der Waals surface area contributed by atoms with Gasteiger partial charge in [0.05, 0.1) is 6.04 Å². The summed E-state index contributed by atoms with van der Waals surface area (Å²) in [5.74, 6) is -0.470. The average Bonchev–Trinajstić information content (AvgIpc) is 2.55. The fraction of sp³-hybridized carbons (Fsp3) is 0.278. The zero-order valence-corrected chi connectivity index (χ0v) is 14.7. The van der Waals surface area contributed by atoms with Crippen LogP contribution in [0.1, 0.15) is 31.9 Å². The van der Waals surface area contributed by atoms with E-state index in [-0.39, 0.29) is 23.8 Å². The molecule has 0 unspecified atom stereocenters. The van der Waals surface area contributed by atoms with Crippen LogP contribution in [0.2, 0.25) is 0 Å². The summed E-state index contributed by atoms with van der Waals surface area (Å²) in [6.07, 6.45) is 0.871. The lowest BCUT2D eigenvalue weighted by Gasteiger charge is -2.22. The van der Waals surface area contributed by atoms with Gasteiger partial charge in [0.2, 0.25) is 5.91 Å². The summed E-state index contributed by atoms with van der Waals surface area (Å²) >= 11 is 3.42. The first-order valence-electron chi connectivity index (χ1n) is 7.57. The number of hydrogen-bond donors (Lipinski definition) is 2. The molecule has 5 heteroatoms. The molecular weight excluding hydrogens is 359 g/mol. The Balaban J connectivity index is 1.98. The number of amides is 1. The second-order valence-corrected chi connectivity index (χ2v) is 6.31. The molecule has 0 saturated heterocycles. The molecule has 2 aromatic carbocycles. The van der Waals surface area contributed by atoms with Crippen molar-refractivity contribution in [1.82, 2.24) is 5.32 Å². The maximum Gasteiger partial charge on any atom is 0.241 e. The molecule has 2 N–H and O–H groups in total. The van der Waals surface area contributed by atoms with Gasteiger partial charge >= 0.3 is 0 Å². The summed E-state index contributed by atoms with van der Waals surface area (Å²) < 4.78 is 13.9. The van der Waals surface area contributed by atoms with E-state index in [0.717, 1.165) is 16.5 Å². The number of nitrogens with one attached hydrogen (secondary N) is 2. The van der Waals surface area contributed by atoms with Crippen LogP contribution >= 0.6 is 15.9 Å². The zero-order valence-electron chi connectivity index (χ0n) is 13.1. The van der Waals surface area contributed by atoms with E-state index in [1.165, 1.54) is 12.1 Å². The third-order valence-corrected chi connectivity index (χ3v) is 4.17. The van der Waals surface area contributed by atoms with Crippen molar-refractivity contribution in [1.29, 1.82) is 0 Å². The summed E-state index contributed by atoms with van der Waals surface area (Å²) in [6.45, 7) is 3.89. The topological polar surface area (TPSA) is 41.1 Å². The van der Waals surface area contributed by atoms with Crippen LogP contribution in [0.3, 0.4) is 0 Å². The van der Waals surface area contributed by atoms with E-state index in [0.29, 0.717) is 5.69 Å². The van der Waals surface area contributed by atoms with Gasteiger partial charge < -0.3 is 5.32 Å². The van der Waals surface area contributed by atoms with E-state index < -0.39 is 0 Å². The Labute approximate surface area is 144 Å². The van der Waals surface area contributed by atoms with Crippen molar-refractivity contribution in [3.8, 4) is 0 Å². The maximum atomic E-state index is 12.9. The van der Waals surface area contributed by atoms with Gasteiger partial charge in [-0.2, -0.15) is 0 Å². The molecule has 0 radical (unpaired) electrons. The predicted octanol–water partition coefficient (Wildman–Crippen LogP) is 4.66. The van der Waals surface area contributed by atoms with E-state index in [1.807, 2.05) is 31.2 Å². The molecule has 0 heterocycles. The lowest BCUT2D eigenvalue weighted by atomic mass is 10.0. The van der Waals surface area contributed by atoms with Crippen molar-refractivity contribution in [2.24, 2.45) is 0 Å². The third-order valence-electron chi connectivity index (χ3n) is 3.64. The first kappa shape index (κ1) is 17.6. The standard InChI is InChI=1S/C18H20BrFN2O/c1-3-17(13-4-6-14(19)7-5-13)21-12(2)18(23)22-16-10-8-15(20)9-11-16/h4-12,17,21H,3H2,1-2H3,(H,22,23)/t12-,17+/m0/s1. The number of benzene rings is 2. The van der Waals surface area contributed by atoms with Crippen molar-refractivity contribution in [3.05, 3.63) is 64.4 Å². The number of carbonyl (C=O) groups excluding carboxylic acids is 1. The summed E-state index contributed by atoms with van der Waals surface area (Å²) in [4.78, 5) is 12.3. The molecular formula is C18H20BrFN2O. The fourth-order valence-corrected chi connectivity index (χ4v) is 2.57. The van der Waals surface area contributed by atoms with Crippen LogP contribution in [-0.4, -0.2) is 11.9 Å². The average molecular weight is 379 g/mol. The Bertz CT molecular complexity index is 643. The quantitative estimate of drug-likeness (QED) is 0.767. The largest absolute Gasteiger partial charge is 0.325 e. The van der Waals surface area contributed by atoms with Gasteiger partial charge in [-0.1, -0.05) is 35.0 Å². The van der Waals surface area contributed by atoms with Gasteiger partial charge in [-0.25, -0.2) is 4.39 Å². The minimum atomic E-state index is -0.367. The lowest BCUT2D eigenvalue weighted by Crippen LogP contribution is -2.40. The molecule has 0 aliphatic rings. The molecule has 0 fully saturated rings. The normalized spacial score (nSPS) is 13.4. The fourth-order valence-electron chi connectivity index (χ4n) is 2.31. The van der Waals surface area contributed by atoms with E-state index in [9.17, 15) is 9.18 Å². The lowest BCUT2D eigenvalue weighted by molar-refractivity contribution is -0.118. The van der Waals surface area contributed by atoms with Crippen LogP contribution in [0.25, 0.3) is 0 Å². The van der Waals surface area contributed by atoms with Crippen LogP contribution in [0.5, 0.6) is 0 Å². The molecule has 0 aromatic heterocycles. The number of rotatable bonds is 6. The smallest absolute Gasteiger partial charge is 0.241 e. The van der Waals surface area contributed by atoms with Gasteiger partial charge in [-0.3, -0.25) is 10.1 Å². The van der Waals surface area contributed by atoms with Crippen molar-refractivity contribution in [2.75, 3.05) is 5.32 Å². The Morgan fingerprint density at radius 2 is 1.74 bits per heavy atom. The first-order valence-corrected chi connectivity index (χ1v) is 8.37. The van der Waals surface area contributed by atoms with Crippen LogP contribution in [0.4, 0.5) is 10.1 Å². The minimum absolute atomic E-state index is 0.0945. The highest BCUT2D eigenvalue weighted by molar-refractivity contribution is 9.10. The number of carbonyl (C=O) groups is 1. The van der Waals surface area contributed by atoms with Crippen molar-refractivity contribution in [2.45, 2.75) is 32.4 Å². The number of halogens is 2. The van der Waals surface area contributed by atoms with Crippen LogP contribution in [-0.2, 0) is 4.79 Å². The molecule has 2 aromatic rings. The first-order chi connectivity index (χ1) is 11.0. The van der Waals surface area contributed by atoms with Crippen LogP contribution < -0.4 is 10.6 Å². The second-order valence-electron chi connectivity index (χ2n) is 5.40. The van der Waals surface area contributed by atoms with E-state index in [4.69, 9.17) is 0 Å².